The van der Waals surface area contributed by atoms with E-state index in [2.05, 4.69) is 5.32 Å². The van der Waals surface area contributed by atoms with E-state index in [4.69, 9.17) is 4.74 Å². The molecule has 30 heavy (non-hydrogen) atoms. The summed E-state index contributed by atoms with van der Waals surface area (Å²) in [5.74, 6) is 0.422. The van der Waals surface area contributed by atoms with Crippen molar-refractivity contribution in [1.29, 1.82) is 0 Å². The van der Waals surface area contributed by atoms with Gasteiger partial charge in [-0.15, -0.1) is 0 Å². The van der Waals surface area contributed by atoms with E-state index in [1.54, 1.807) is 31.4 Å². The first kappa shape index (κ1) is 21.7. The molecule has 0 aliphatic carbocycles. The van der Waals surface area contributed by atoms with Gasteiger partial charge in [-0.25, -0.2) is 8.42 Å². The number of ether oxygens (including phenoxy) is 1. The molecular formula is C19H22N4O6S. The summed E-state index contributed by atoms with van der Waals surface area (Å²) >= 11 is 0. The number of nitrogens with zero attached hydrogens (tertiary/aromatic N) is 3. The minimum atomic E-state index is -3.84. The van der Waals surface area contributed by atoms with Gasteiger partial charge in [-0.1, -0.05) is 12.1 Å². The van der Waals surface area contributed by atoms with Crippen LogP contribution in [0.15, 0.2) is 53.4 Å². The summed E-state index contributed by atoms with van der Waals surface area (Å²) in [5.41, 5.74) is 0.343. The fourth-order valence-electron chi connectivity index (χ4n) is 3.14. The number of nitro groups is 1. The van der Waals surface area contributed by atoms with E-state index >= 15 is 0 Å². The lowest BCUT2D eigenvalue weighted by atomic mass is 10.3. The van der Waals surface area contributed by atoms with Crippen molar-refractivity contribution in [1.82, 2.24) is 9.21 Å². The number of sulfonamides is 1. The third-order valence-electron chi connectivity index (χ3n) is 4.72. The van der Waals surface area contributed by atoms with Gasteiger partial charge in [-0.05, 0) is 18.2 Å². The molecule has 1 fully saturated rings. The molecule has 0 atom stereocenters. The molecule has 1 aliphatic heterocycles. The van der Waals surface area contributed by atoms with Crippen molar-refractivity contribution in [2.24, 2.45) is 0 Å². The van der Waals surface area contributed by atoms with Crippen LogP contribution in [0.4, 0.5) is 11.4 Å². The molecule has 2 aromatic carbocycles. The second-order valence-electron chi connectivity index (χ2n) is 6.71. The van der Waals surface area contributed by atoms with Gasteiger partial charge in [0.2, 0.25) is 15.9 Å². The lowest BCUT2D eigenvalue weighted by Gasteiger charge is -2.33. The van der Waals surface area contributed by atoms with Gasteiger partial charge >= 0.3 is 0 Å². The molecule has 0 radical (unpaired) electrons. The van der Waals surface area contributed by atoms with E-state index < -0.39 is 14.9 Å². The Morgan fingerprint density at radius 1 is 1.13 bits per heavy atom. The molecule has 1 N–H and O–H groups in total. The predicted octanol–water partition coefficient (Wildman–Crippen LogP) is 1.55. The Morgan fingerprint density at radius 2 is 1.83 bits per heavy atom. The zero-order valence-corrected chi connectivity index (χ0v) is 17.2. The summed E-state index contributed by atoms with van der Waals surface area (Å²) in [7, 11) is -2.29. The number of hydrogen-bond donors (Lipinski definition) is 1. The Labute approximate surface area is 174 Å². The van der Waals surface area contributed by atoms with Gasteiger partial charge in [0.15, 0.2) is 0 Å². The van der Waals surface area contributed by atoms with Crippen molar-refractivity contribution in [3.05, 3.63) is 58.6 Å². The average Bonchev–Trinajstić information content (AvgIpc) is 2.74. The normalized spacial score (nSPS) is 15.5. The van der Waals surface area contributed by atoms with Crippen molar-refractivity contribution >= 4 is 27.3 Å². The van der Waals surface area contributed by atoms with Crippen LogP contribution in [0, 0.1) is 10.1 Å². The van der Waals surface area contributed by atoms with Crippen molar-refractivity contribution in [2.75, 3.05) is 45.2 Å². The van der Waals surface area contributed by atoms with Gasteiger partial charge in [-0.3, -0.25) is 19.8 Å². The minimum absolute atomic E-state index is 0.110. The van der Waals surface area contributed by atoms with Crippen LogP contribution in [0.25, 0.3) is 0 Å². The first-order valence-electron chi connectivity index (χ1n) is 9.20. The molecule has 0 aromatic heterocycles. The van der Waals surface area contributed by atoms with E-state index in [1.165, 1.54) is 22.5 Å². The first-order chi connectivity index (χ1) is 14.3. The first-order valence-corrected chi connectivity index (χ1v) is 10.6. The van der Waals surface area contributed by atoms with Gasteiger partial charge in [0.05, 0.1) is 23.5 Å². The highest BCUT2D eigenvalue weighted by Gasteiger charge is 2.30. The second kappa shape index (κ2) is 9.20. The maximum atomic E-state index is 12.8. The molecule has 2 aromatic rings. The maximum absolute atomic E-state index is 12.8. The molecule has 1 aliphatic rings. The molecule has 0 saturated carbocycles. The van der Waals surface area contributed by atoms with Crippen LogP contribution in [0.5, 0.6) is 5.75 Å². The van der Waals surface area contributed by atoms with Crippen LogP contribution in [0.1, 0.15) is 0 Å². The number of carbonyl (C=O) groups excluding carboxylic acids is 1. The van der Waals surface area contributed by atoms with E-state index in [1.807, 2.05) is 4.90 Å². The van der Waals surface area contributed by atoms with Crippen molar-refractivity contribution in [3.8, 4) is 5.75 Å². The molecule has 160 valence electrons. The van der Waals surface area contributed by atoms with Crippen molar-refractivity contribution in [3.63, 3.8) is 0 Å². The molecule has 10 nitrogen and oxygen atoms in total. The Morgan fingerprint density at radius 3 is 2.50 bits per heavy atom. The summed E-state index contributed by atoms with van der Waals surface area (Å²) < 4.78 is 32.0. The lowest BCUT2D eigenvalue weighted by molar-refractivity contribution is -0.385. The fraction of sp³-hybridized carbons (Fsp3) is 0.316. The number of amides is 1. The summed E-state index contributed by atoms with van der Waals surface area (Å²) in [6.45, 7) is 1.26. The highest BCUT2D eigenvalue weighted by molar-refractivity contribution is 7.89. The number of nitrogens with one attached hydrogen (secondary N) is 1. The van der Waals surface area contributed by atoms with Crippen LogP contribution in [0.3, 0.4) is 0 Å². The predicted molar refractivity (Wildman–Crippen MR) is 110 cm³/mol. The van der Waals surface area contributed by atoms with Crippen LogP contribution in [-0.4, -0.2) is 68.3 Å². The second-order valence-corrected chi connectivity index (χ2v) is 8.65. The summed E-state index contributed by atoms with van der Waals surface area (Å²) in [5, 5.41) is 13.7. The molecule has 0 spiro atoms. The van der Waals surface area contributed by atoms with Crippen LogP contribution in [0.2, 0.25) is 0 Å². The smallest absolute Gasteiger partial charge is 0.270 e. The van der Waals surface area contributed by atoms with Gasteiger partial charge in [0.25, 0.3) is 5.69 Å². The Balaban J connectivity index is 1.57. The zero-order valence-electron chi connectivity index (χ0n) is 16.4. The number of anilines is 1. The third-order valence-corrected chi connectivity index (χ3v) is 6.61. The molecule has 0 unspecified atom stereocenters. The summed E-state index contributed by atoms with van der Waals surface area (Å²) in [6, 6.07) is 12.0. The van der Waals surface area contributed by atoms with E-state index in [9.17, 15) is 23.3 Å². The molecule has 11 heteroatoms. The summed E-state index contributed by atoms with van der Waals surface area (Å²) in [4.78, 5) is 24.3. The fourth-order valence-corrected chi connectivity index (χ4v) is 4.60. The zero-order chi connectivity index (χ0) is 21.7. The number of rotatable bonds is 7. The van der Waals surface area contributed by atoms with Gasteiger partial charge in [0.1, 0.15) is 5.75 Å². The summed E-state index contributed by atoms with van der Waals surface area (Å²) in [6.07, 6.45) is 0. The van der Waals surface area contributed by atoms with Crippen molar-refractivity contribution < 1.29 is 22.9 Å². The number of methoxy groups -OCH3 is 1. The van der Waals surface area contributed by atoms with Crippen LogP contribution < -0.4 is 10.1 Å². The largest absolute Gasteiger partial charge is 0.497 e. The molecule has 1 amide bonds. The van der Waals surface area contributed by atoms with Crippen molar-refractivity contribution in [2.45, 2.75) is 4.90 Å². The SMILES string of the molecule is COc1cccc(NC(=O)CN2CCN(S(=O)(=O)c3cccc([N+](=O)[O-])c3)CC2)c1. The molecule has 0 bridgehead atoms. The number of benzene rings is 2. The molecule has 3 rings (SSSR count). The Kier molecular flexibility index (Phi) is 6.65. The number of carbonyl (C=O) groups is 1. The quantitative estimate of drug-likeness (QED) is 0.518. The molecule has 1 heterocycles. The van der Waals surface area contributed by atoms with E-state index in [0.29, 0.717) is 24.5 Å². The topological polar surface area (TPSA) is 122 Å². The van der Waals surface area contributed by atoms with Crippen LogP contribution in [-0.2, 0) is 14.8 Å². The number of nitro benzene ring substituents is 1. The lowest BCUT2D eigenvalue weighted by Crippen LogP contribution is -2.50. The molecular weight excluding hydrogens is 412 g/mol. The average molecular weight is 434 g/mol. The number of hydrogen-bond acceptors (Lipinski definition) is 7. The van der Waals surface area contributed by atoms with Gasteiger partial charge in [0, 0.05) is 50.1 Å². The standard InChI is InChI=1S/C19H22N4O6S/c1-29-17-6-2-4-15(12-17)20-19(24)14-21-8-10-22(11-9-21)30(27,28)18-7-3-5-16(13-18)23(25)26/h2-7,12-13H,8-11,14H2,1H3,(H,20,24). The van der Waals surface area contributed by atoms with E-state index in [0.717, 1.165) is 6.07 Å². The van der Waals surface area contributed by atoms with E-state index in [-0.39, 0.29) is 36.1 Å². The Hall–Kier alpha value is -3.02. The maximum Gasteiger partial charge on any atom is 0.270 e. The third kappa shape index (κ3) is 5.12. The number of non-ortho nitro benzene ring substituents is 1. The minimum Gasteiger partial charge on any atom is -0.497 e. The highest BCUT2D eigenvalue weighted by Crippen LogP contribution is 2.22. The highest BCUT2D eigenvalue weighted by atomic mass is 32.2. The monoisotopic (exact) mass is 434 g/mol. The Bertz CT molecular complexity index is 1030. The number of piperazine rings is 1. The van der Waals surface area contributed by atoms with Gasteiger partial charge in [-0.2, -0.15) is 4.31 Å². The molecule has 1 saturated heterocycles. The van der Waals surface area contributed by atoms with Crippen LogP contribution >= 0.6 is 0 Å². The van der Waals surface area contributed by atoms with Gasteiger partial charge < -0.3 is 10.1 Å².